The Balaban J connectivity index is 1.40. The molecule has 178 valence electrons. The van der Waals surface area contributed by atoms with E-state index in [9.17, 15) is 18.8 Å². The van der Waals surface area contributed by atoms with Crippen molar-refractivity contribution in [1.82, 2.24) is 25.1 Å². The highest BCUT2D eigenvalue weighted by atomic mass is 35.5. The summed E-state index contributed by atoms with van der Waals surface area (Å²) in [5.74, 6) is -3.71. The van der Waals surface area contributed by atoms with E-state index in [-0.39, 0.29) is 10.5 Å². The first-order chi connectivity index (χ1) is 16.3. The molecule has 34 heavy (non-hydrogen) atoms. The average Bonchev–Trinajstić information content (AvgIpc) is 3.20. The summed E-state index contributed by atoms with van der Waals surface area (Å²) in [6, 6.07) is 9.16. The van der Waals surface area contributed by atoms with Gasteiger partial charge in [0, 0.05) is 54.1 Å². The number of aromatic nitrogens is 5. The van der Waals surface area contributed by atoms with E-state index in [0.717, 1.165) is 28.9 Å². The van der Waals surface area contributed by atoms with Crippen molar-refractivity contribution in [1.29, 1.82) is 0 Å². The van der Waals surface area contributed by atoms with Gasteiger partial charge in [0.1, 0.15) is 0 Å². The Labute approximate surface area is 198 Å². The Bertz CT molecular complexity index is 1370. The third kappa shape index (κ3) is 5.00. The molecule has 0 aliphatic carbocycles. The number of aryl methyl sites for hydroxylation is 1. The smallest absolute Gasteiger partial charge is 0.347 e. The van der Waals surface area contributed by atoms with E-state index in [4.69, 9.17) is 11.6 Å². The van der Waals surface area contributed by atoms with E-state index in [0.29, 0.717) is 30.4 Å². The second kappa shape index (κ2) is 9.74. The molecule has 0 aliphatic heterocycles. The van der Waals surface area contributed by atoms with Crippen molar-refractivity contribution in [2.24, 2.45) is 0 Å². The Morgan fingerprint density at radius 2 is 2.12 bits per heavy atom. The minimum atomic E-state index is -3.50. The van der Waals surface area contributed by atoms with Crippen LogP contribution in [-0.2, 0) is 19.0 Å². The fraction of sp³-hybridized carbons (Fsp3) is 0.273. The summed E-state index contributed by atoms with van der Waals surface area (Å²) in [6.45, 7) is 1.96. The fourth-order valence-corrected chi connectivity index (χ4v) is 3.71. The molecule has 4 rings (SSSR count). The van der Waals surface area contributed by atoms with Crippen molar-refractivity contribution in [3.63, 3.8) is 0 Å². The first-order valence-corrected chi connectivity index (χ1v) is 10.8. The van der Waals surface area contributed by atoms with Crippen LogP contribution in [0.3, 0.4) is 0 Å². The summed E-state index contributed by atoms with van der Waals surface area (Å²) in [4.78, 5) is 16.8. The number of fused-ring (bicyclic) bond motifs is 1. The van der Waals surface area contributed by atoms with Crippen LogP contribution in [0.25, 0.3) is 10.9 Å². The molecule has 0 fully saturated rings. The van der Waals surface area contributed by atoms with Crippen LogP contribution in [0.15, 0.2) is 53.6 Å². The topological polar surface area (TPSA) is 115 Å². The normalized spacial score (nSPS) is 11.8. The summed E-state index contributed by atoms with van der Waals surface area (Å²) >= 11 is 6.06. The van der Waals surface area contributed by atoms with Gasteiger partial charge in [-0.3, -0.25) is 9.89 Å². The number of benzene rings is 1. The molecule has 0 saturated carbocycles. The van der Waals surface area contributed by atoms with Crippen LogP contribution >= 0.6 is 11.6 Å². The largest absolute Gasteiger partial charge is 0.618 e. The van der Waals surface area contributed by atoms with Gasteiger partial charge >= 0.3 is 5.92 Å². The molecule has 12 heteroatoms. The Hall–Kier alpha value is -3.57. The Morgan fingerprint density at radius 1 is 1.29 bits per heavy atom. The lowest BCUT2D eigenvalue weighted by Gasteiger charge is -2.17. The molecule has 9 nitrogen and oxygen atoms in total. The van der Waals surface area contributed by atoms with Crippen LogP contribution in [0, 0.1) is 12.1 Å². The number of hydrogen-bond donors (Lipinski definition) is 3. The molecule has 1 aromatic carbocycles. The zero-order valence-corrected chi connectivity index (χ0v) is 18.9. The van der Waals surface area contributed by atoms with Crippen LogP contribution in [0.2, 0.25) is 5.02 Å². The van der Waals surface area contributed by atoms with Crippen LogP contribution in [0.5, 0.6) is 0 Å². The number of anilines is 1. The van der Waals surface area contributed by atoms with Crippen LogP contribution < -0.4 is 20.9 Å². The van der Waals surface area contributed by atoms with Crippen molar-refractivity contribution in [3.05, 3.63) is 86.5 Å². The van der Waals surface area contributed by atoms with Gasteiger partial charge in [-0.2, -0.15) is 18.6 Å². The van der Waals surface area contributed by atoms with Crippen molar-refractivity contribution < 1.29 is 13.5 Å². The molecule has 3 heterocycles. The highest BCUT2D eigenvalue weighted by molar-refractivity contribution is 6.31. The number of pyridine rings is 1. The van der Waals surface area contributed by atoms with E-state index in [1.165, 1.54) is 22.9 Å². The van der Waals surface area contributed by atoms with Crippen molar-refractivity contribution in [2.75, 3.05) is 18.4 Å². The van der Waals surface area contributed by atoms with Crippen molar-refractivity contribution in [2.45, 2.75) is 25.9 Å². The molecule has 0 radical (unpaired) electrons. The van der Waals surface area contributed by atoms with Gasteiger partial charge in [0.25, 0.3) is 11.3 Å². The van der Waals surface area contributed by atoms with Gasteiger partial charge in [-0.1, -0.05) is 11.6 Å². The summed E-state index contributed by atoms with van der Waals surface area (Å²) in [7, 11) is 0. The van der Waals surface area contributed by atoms with Crippen molar-refractivity contribution in [3.8, 4) is 0 Å². The third-order valence-corrected chi connectivity index (χ3v) is 5.57. The van der Waals surface area contributed by atoms with Crippen LogP contribution in [-0.4, -0.2) is 32.8 Å². The zero-order valence-electron chi connectivity index (χ0n) is 18.2. The summed E-state index contributed by atoms with van der Waals surface area (Å²) < 4.78 is 30.5. The van der Waals surface area contributed by atoms with E-state index in [1.54, 1.807) is 13.0 Å². The number of alkyl halides is 2. The first-order valence-electron chi connectivity index (χ1n) is 10.5. The maximum absolute atomic E-state index is 14.5. The molecule has 0 spiro atoms. The monoisotopic (exact) mass is 489 g/mol. The molecule has 0 bridgehead atoms. The van der Waals surface area contributed by atoms with Gasteiger partial charge in [-0.25, -0.2) is 4.98 Å². The maximum atomic E-state index is 14.5. The van der Waals surface area contributed by atoms with E-state index in [1.807, 2.05) is 12.1 Å². The molecule has 4 aromatic rings. The van der Waals surface area contributed by atoms with E-state index in [2.05, 4.69) is 25.8 Å². The minimum Gasteiger partial charge on any atom is -0.618 e. The lowest BCUT2D eigenvalue weighted by molar-refractivity contribution is -0.624. The van der Waals surface area contributed by atoms with E-state index >= 15 is 0 Å². The molecule has 3 N–H and O–H groups in total. The Morgan fingerprint density at radius 3 is 2.91 bits per heavy atom. The number of nitrogens with zero attached hydrogens (tertiary/aromatic N) is 4. The second-order valence-corrected chi connectivity index (χ2v) is 8.15. The average molecular weight is 490 g/mol. The predicted molar refractivity (Wildman–Crippen MR) is 124 cm³/mol. The molecular formula is C22H22ClF2N7O2. The molecule has 3 aromatic heterocycles. The minimum absolute atomic E-state index is 0.102. The number of hydrogen-bond acceptors (Lipinski definition) is 6. The second-order valence-electron chi connectivity index (χ2n) is 7.72. The summed E-state index contributed by atoms with van der Waals surface area (Å²) in [5.41, 5.74) is 1.000. The Kier molecular flexibility index (Phi) is 6.75. The number of halogens is 3. The molecule has 0 saturated heterocycles. The van der Waals surface area contributed by atoms with E-state index < -0.39 is 23.7 Å². The molecule has 0 amide bonds. The predicted octanol–water partition coefficient (Wildman–Crippen LogP) is 2.71. The summed E-state index contributed by atoms with van der Waals surface area (Å²) in [5, 5.41) is 26.0. The third-order valence-electron chi connectivity index (χ3n) is 5.34. The van der Waals surface area contributed by atoms with Gasteiger partial charge < -0.3 is 20.4 Å². The van der Waals surface area contributed by atoms with Crippen molar-refractivity contribution >= 4 is 28.3 Å². The molecule has 0 atom stereocenters. The van der Waals surface area contributed by atoms with Gasteiger partial charge in [-0.05, 0) is 31.2 Å². The summed E-state index contributed by atoms with van der Waals surface area (Å²) in [6.07, 6.45) is 2.43. The van der Waals surface area contributed by atoms with Crippen LogP contribution in [0.1, 0.15) is 17.1 Å². The number of aromatic amines is 1. The number of nitrogens with one attached hydrogen (secondary N) is 3. The maximum Gasteiger partial charge on any atom is 0.347 e. The standard InChI is InChI=1S/C22H22ClF2N7O2/c1-14-11-27-20(28-13-22(24,25)19-4-2-3-8-32(19)34)21(33)31(14)9-7-26-12-18-16-10-15(23)5-6-17(16)29-30-18/h2-6,8,10-11,26H,7,9,12-13H2,1H3,(H,27,28)(H,29,30). The van der Waals surface area contributed by atoms with Crippen LogP contribution in [0.4, 0.5) is 14.6 Å². The number of H-pyrrole nitrogens is 1. The molecular weight excluding hydrogens is 468 g/mol. The van der Waals surface area contributed by atoms with Gasteiger partial charge in [-0.15, -0.1) is 0 Å². The highest BCUT2D eigenvalue weighted by Crippen LogP contribution is 2.25. The van der Waals surface area contributed by atoms with Gasteiger partial charge in [0.05, 0.1) is 17.8 Å². The first kappa shape index (κ1) is 23.6. The van der Waals surface area contributed by atoms with Gasteiger partial charge in [0.2, 0.25) is 0 Å². The zero-order chi connectivity index (χ0) is 24.3. The fourth-order valence-electron chi connectivity index (χ4n) is 3.54. The molecule has 0 aliphatic rings. The number of rotatable bonds is 9. The lowest BCUT2D eigenvalue weighted by Crippen LogP contribution is -2.41. The van der Waals surface area contributed by atoms with Gasteiger partial charge in [0.15, 0.2) is 12.0 Å². The SMILES string of the molecule is Cc1cnc(NCC(F)(F)c2cccc[n+]2[O-])c(=O)n1CCNCc1[nH]nc2ccc(Cl)cc12. The highest BCUT2D eigenvalue weighted by Gasteiger charge is 2.39. The lowest BCUT2D eigenvalue weighted by atomic mass is 10.2. The molecule has 0 unspecified atom stereocenters. The quantitative estimate of drug-likeness (QED) is 0.189.